The van der Waals surface area contributed by atoms with Crippen LogP contribution in [0.25, 0.3) is 0 Å². The predicted octanol–water partition coefficient (Wildman–Crippen LogP) is 1.32. The quantitative estimate of drug-likeness (QED) is 0.556. The third-order valence-corrected chi connectivity index (χ3v) is 13.6. The molecular formula is C18H28N2Te2. The van der Waals surface area contributed by atoms with Crippen LogP contribution in [0.4, 0.5) is 0 Å². The van der Waals surface area contributed by atoms with Crippen LogP contribution in [0.3, 0.4) is 0 Å². The van der Waals surface area contributed by atoms with Crippen molar-refractivity contribution in [2.24, 2.45) is 0 Å². The molecule has 122 valence electrons. The van der Waals surface area contributed by atoms with Crippen LogP contribution in [0.5, 0.6) is 0 Å². The maximum absolute atomic E-state index is 2.27. The Kier molecular flexibility index (Phi) is 14.5. The second-order valence-electron chi connectivity index (χ2n) is 5.48. The van der Waals surface area contributed by atoms with E-state index in [1.54, 1.807) is 7.22 Å². The van der Waals surface area contributed by atoms with Gasteiger partial charge in [0.25, 0.3) is 0 Å². The Balaban J connectivity index is 0.000000464. The van der Waals surface area contributed by atoms with Crippen molar-refractivity contribution in [3.05, 3.63) is 60.7 Å². The van der Waals surface area contributed by atoms with E-state index < -0.39 is 0 Å². The molecular weight excluding hydrogens is 499 g/mol. The van der Waals surface area contributed by atoms with Crippen LogP contribution in [-0.2, 0) is 0 Å². The summed E-state index contributed by atoms with van der Waals surface area (Å²) in [5, 5.41) is 0. The van der Waals surface area contributed by atoms with Crippen LogP contribution >= 0.6 is 0 Å². The zero-order chi connectivity index (χ0) is 16.8. The van der Waals surface area contributed by atoms with Gasteiger partial charge < -0.3 is 9.80 Å². The molecule has 2 rings (SSSR count). The SMILES string of the molecule is CN(C)C.CN(C)C.c1ccc([Te][Te]c2ccccc2)cc1. The van der Waals surface area contributed by atoms with Crippen molar-refractivity contribution in [2.75, 3.05) is 42.3 Å². The number of rotatable bonds is 3. The Bertz CT molecular complexity index is 408. The molecule has 22 heavy (non-hydrogen) atoms. The summed E-state index contributed by atoms with van der Waals surface area (Å²) >= 11 is 0.199. The molecule has 0 amide bonds. The van der Waals surface area contributed by atoms with E-state index in [1.165, 1.54) is 0 Å². The fourth-order valence-electron chi connectivity index (χ4n) is 1.05. The van der Waals surface area contributed by atoms with Gasteiger partial charge in [0.1, 0.15) is 0 Å². The number of hydrogen-bond acceptors (Lipinski definition) is 2. The molecule has 2 aromatic rings. The van der Waals surface area contributed by atoms with Gasteiger partial charge in [-0.05, 0) is 42.3 Å². The van der Waals surface area contributed by atoms with Gasteiger partial charge in [-0.3, -0.25) is 0 Å². The molecule has 0 N–H and O–H groups in total. The summed E-state index contributed by atoms with van der Waals surface area (Å²) in [5.74, 6) is 0. The standard InChI is InChI=1S/C12H10Te2.2C3H9N/c1-3-7-11(8-4-1)13-14-12-9-5-2-6-10-12;2*1-4(2)3/h1-10H;2*1-3H3. The van der Waals surface area contributed by atoms with Gasteiger partial charge in [-0.25, -0.2) is 0 Å². The molecule has 0 radical (unpaired) electrons. The van der Waals surface area contributed by atoms with Gasteiger partial charge in [-0.2, -0.15) is 0 Å². The van der Waals surface area contributed by atoms with Gasteiger partial charge in [0.2, 0.25) is 0 Å². The molecule has 2 aromatic carbocycles. The average molecular weight is 528 g/mol. The summed E-state index contributed by atoms with van der Waals surface area (Å²) in [4.78, 5) is 4.00. The minimum absolute atomic E-state index is 0.0996. The molecule has 0 spiro atoms. The first-order valence-electron chi connectivity index (χ1n) is 7.08. The first-order chi connectivity index (χ1) is 10.4. The fourth-order valence-corrected chi connectivity index (χ4v) is 11.1. The molecule has 0 bridgehead atoms. The molecule has 0 aliphatic heterocycles. The zero-order valence-corrected chi connectivity index (χ0v) is 19.1. The van der Waals surface area contributed by atoms with E-state index in [4.69, 9.17) is 0 Å². The van der Waals surface area contributed by atoms with Crippen molar-refractivity contribution < 1.29 is 0 Å². The van der Waals surface area contributed by atoms with E-state index in [9.17, 15) is 0 Å². The molecule has 0 fully saturated rings. The normalized spacial score (nSPS) is 9.64. The van der Waals surface area contributed by atoms with Gasteiger partial charge in [0, 0.05) is 0 Å². The Hall–Kier alpha value is -0.0608. The van der Waals surface area contributed by atoms with Crippen molar-refractivity contribution in [3.63, 3.8) is 0 Å². The van der Waals surface area contributed by atoms with Crippen LogP contribution < -0.4 is 7.22 Å². The topological polar surface area (TPSA) is 6.48 Å². The summed E-state index contributed by atoms with van der Waals surface area (Å²) in [6.45, 7) is 0. The van der Waals surface area contributed by atoms with Gasteiger partial charge in [0.05, 0.1) is 0 Å². The molecule has 2 nitrogen and oxygen atoms in total. The van der Waals surface area contributed by atoms with Gasteiger partial charge in [-0.15, -0.1) is 0 Å². The monoisotopic (exact) mass is 532 g/mol. The second kappa shape index (κ2) is 14.5. The number of benzene rings is 2. The van der Waals surface area contributed by atoms with E-state index in [-0.39, 0.29) is 34.1 Å². The Morgan fingerprint density at radius 2 is 0.727 bits per heavy atom. The third kappa shape index (κ3) is 16.3. The molecule has 0 aromatic heterocycles. The molecule has 0 saturated heterocycles. The average Bonchev–Trinajstić information content (AvgIpc) is 2.46. The molecule has 0 unspecified atom stereocenters. The van der Waals surface area contributed by atoms with E-state index in [2.05, 4.69) is 60.7 Å². The summed E-state index contributed by atoms with van der Waals surface area (Å²) < 4.78 is 3.20. The van der Waals surface area contributed by atoms with Gasteiger partial charge in [-0.1, -0.05) is 0 Å². The summed E-state index contributed by atoms with van der Waals surface area (Å²) in [5.41, 5.74) is 0. The number of nitrogens with zero attached hydrogens (tertiary/aromatic N) is 2. The van der Waals surface area contributed by atoms with Crippen molar-refractivity contribution >= 4 is 41.3 Å². The number of hydrogen-bond donors (Lipinski definition) is 0. The van der Waals surface area contributed by atoms with E-state index in [0.29, 0.717) is 0 Å². The Morgan fingerprint density at radius 1 is 0.500 bits per heavy atom. The Morgan fingerprint density at radius 3 is 0.955 bits per heavy atom. The maximum atomic E-state index is 2.27. The van der Waals surface area contributed by atoms with E-state index in [0.717, 1.165) is 0 Å². The molecule has 0 aliphatic rings. The summed E-state index contributed by atoms with van der Waals surface area (Å²) in [6, 6.07) is 21.9. The minimum atomic E-state index is 0.0996. The third-order valence-electron chi connectivity index (χ3n) is 1.72. The second-order valence-corrected chi connectivity index (χ2v) is 15.5. The van der Waals surface area contributed by atoms with E-state index >= 15 is 0 Å². The molecule has 4 heteroatoms. The van der Waals surface area contributed by atoms with Crippen molar-refractivity contribution in [1.82, 2.24) is 9.80 Å². The van der Waals surface area contributed by atoms with Crippen LogP contribution in [0.1, 0.15) is 0 Å². The predicted molar refractivity (Wildman–Crippen MR) is 103 cm³/mol. The van der Waals surface area contributed by atoms with E-state index in [1.807, 2.05) is 52.1 Å². The van der Waals surface area contributed by atoms with Crippen molar-refractivity contribution in [1.29, 1.82) is 0 Å². The van der Waals surface area contributed by atoms with Crippen molar-refractivity contribution in [2.45, 2.75) is 0 Å². The van der Waals surface area contributed by atoms with Gasteiger partial charge in [0.15, 0.2) is 0 Å². The molecule has 0 atom stereocenters. The molecule has 0 saturated carbocycles. The van der Waals surface area contributed by atoms with Crippen molar-refractivity contribution in [3.8, 4) is 0 Å². The summed E-state index contributed by atoms with van der Waals surface area (Å²) in [7, 11) is 12.0. The first kappa shape index (κ1) is 21.9. The fraction of sp³-hybridized carbons (Fsp3) is 0.333. The van der Waals surface area contributed by atoms with Crippen LogP contribution in [0.2, 0.25) is 0 Å². The summed E-state index contributed by atoms with van der Waals surface area (Å²) in [6.07, 6.45) is 0. The van der Waals surface area contributed by atoms with Gasteiger partial charge >= 0.3 is 102 Å². The first-order valence-corrected chi connectivity index (χ1v) is 16.7. The Labute approximate surface area is 153 Å². The van der Waals surface area contributed by atoms with Crippen LogP contribution in [0.15, 0.2) is 60.7 Å². The van der Waals surface area contributed by atoms with Crippen LogP contribution in [-0.4, -0.2) is 86.2 Å². The molecule has 0 aliphatic carbocycles. The zero-order valence-electron chi connectivity index (χ0n) is 14.5. The van der Waals surface area contributed by atoms with Crippen LogP contribution in [0, 0.1) is 0 Å². The molecule has 0 heterocycles.